The molecule has 0 heterocycles. The van der Waals surface area contributed by atoms with Crippen LogP contribution in [0.15, 0.2) is 34.3 Å². The zero-order chi connectivity index (χ0) is 14.4. The lowest BCUT2D eigenvalue weighted by Gasteiger charge is -2.13. The molecule has 1 aromatic rings. The van der Waals surface area contributed by atoms with Gasteiger partial charge in [-0.3, -0.25) is 10.1 Å². The zero-order valence-corrected chi connectivity index (χ0v) is 13.0. The van der Waals surface area contributed by atoms with Gasteiger partial charge in [-0.15, -0.1) is 0 Å². The van der Waals surface area contributed by atoms with Gasteiger partial charge in [-0.2, -0.15) is 0 Å². The molecule has 5 heteroatoms. The Labute approximate surface area is 127 Å². The first-order valence-electron chi connectivity index (χ1n) is 6.98. The fourth-order valence-electron chi connectivity index (χ4n) is 2.42. The summed E-state index contributed by atoms with van der Waals surface area (Å²) in [7, 11) is 0. The van der Waals surface area contributed by atoms with Crippen LogP contribution < -0.4 is 5.32 Å². The van der Waals surface area contributed by atoms with Crippen molar-refractivity contribution in [2.24, 2.45) is 0 Å². The second-order valence-electron chi connectivity index (χ2n) is 5.08. The van der Waals surface area contributed by atoms with Crippen LogP contribution in [0.1, 0.15) is 37.7 Å². The van der Waals surface area contributed by atoms with Gasteiger partial charge < -0.3 is 5.32 Å². The van der Waals surface area contributed by atoms with Gasteiger partial charge in [0.25, 0.3) is 5.69 Å². The van der Waals surface area contributed by atoms with Crippen molar-refractivity contribution in [1.82, 2.24) is 5.32 Å². The SMILES string of the molecule is O=[N+]([O-])c1cc(CNCCC2=CCCCC2)ccc1Br. The van der Waals surface area contributed by atoms with Crippen molar-refractivity contribution in [3.8, 4) is 0 Å². The summed E-state index contributed by atoms with van der Waals surface area (Å²) in [6.07, 6.45) is 8.51. The molecule has 0 fully saturated rings. The van der Waals surface area contributed by atoms with Crippen molar-refractivity contribution in [2.75, 3.05) is 6.54 Å². The van der Waals surface area contributed by atoms with Gasteiger partial charge in [-0.1, -0.05) is 17.7 Å². The molecule has 0 saturated heterocycles. The van der Waals surface area contributed by atoms with Crippen molar-refractivity contribution in [3.05, 3.63) is 50.0 Å². The minimum Gasteiger partial charge on any atom is -0.312 e. The molecule has 1 aromatic carbocycles. The first-order valence-corrected chi connectivity index (χ1v) is 7.77. The van der Waals surface area contributed by atoms with Crippen LogP contribution in [0.25, 0.3) is 0 Å². The Morgan fingerprint density at radius 1 is 1.35 bits per heavy atom. The quantitative estimate of drug-likeness (QED) is 0.363. The van der Waals surface area contributed by atoms with E-state index < -0.39 is 0 Å². The molecule has 1 aliphatic rings. The van der Waals surface area contributed by atoms with E-state index in [1.54, 1.807) is 17.7 Å². The average Bonchev–Trinajstić information content (AvgIpc) is 2.46. The number of nitrogens with zero attached hydrogens (tertiary/aromatic N) is 1. The zero-order valence-electron chi connectivity index (χ0n) is 11.4. The molecular formula is C15H19BrN2O2. The highest BCUT2D eigenvalue weighted by Crippen LogP contribution is 2.25. The number of rotatable bonds is 6. The van der Waals surface area contributed by atoms with Gasteiger partial charge in [0.2, 0.25) is 0 Å². The number of nitro groups is 1. The molecule has 0 saturated carbocycles. The Hall–Kier alpha value is -1.20. The molecule has 4 nitrogen and oxygen atoms in total. The lowest BCUT2D eigenvalue weighted by atomic mass is 9.97. The van der Waals surface area contributed by atoms with Crippen LogP contribution in [0.2, 0.25) is 0 Å². The largest absolute Gasteiger partial charge is 0.312 e. The summed E-state index contributed by atoms with van der Waals surface area (Å²) in [6, 6.07) is 5.26. The van der Waals surface area contributed by atoms with Crippen LogP contribution in [0.4, 0.5) is 5.69 Å². The maximum absolute atomic E-state index is 10.9. The lowest BCUT2D eigenvalue weighted by Crippen LogP contribution is -2.15. The second-order valence-corrected chi connectivity index (χ2v) is 5.93. The number of nitrogens with one attached hydrogen (secondary N) is 1. The number of halogens is 1. The summed E-state index contributed by atoms with van der Waals surface area (Å²) in [5.41, 5.74) is 2.61. The van der Waals surface area contributed by atoms with Gasteiger partial charge in [-0.05, 0) is 66.2 Å². The molecule has 0 aliphatic heterocycles. The van der Waals surface area contributed by atoms with Crippen LogP contribution in [-0.2, 0) is 6.54 Å². The molecule has 1 N–H and O–H groups in total. The van der Waals surface area contributed by atoms with E-state index in [0.717, 1.165) is 18.5 Å². The van der Waals surface area contributed by atoms with Gasteiger partial charge >= 0.3 is 0 Å². The van der Waals surface area contributed by atoms with E-state index in [9.17, 15) is 10.1 Å². The maximum Gasteiger partial charge on any atom is 0.283 e. The number of hydrogen-bond acceptors (Lipinski definition) is 3. The van der Waals surface area contributed by atoms with Crippen LogP contribution in [0, 0.1) is 10.1 Å². The molecule has 0 unspecified atom stereocenters. The minimum absolute atomic E-state index is 0.124. The monoisotopic (exact) mass is 338 g/mol. The smallest absolute Gasteiger partial charge is 0.283 e. The predicted molar refractivity (Wildman–Crippen MR) is 83.7 cm³/mol. The average molecular weight is 339 g/mol. The van der Waals surface area contributed by atoms with Crippen molar-refractivity contribution in [2.45, 2.75) is 38.6 Å². The van der Waals surface area contributed by atoms with E-state index in [2.05, 4.69) is 27.3 Å². The fourth-order valence-corrected chi connectivity index (χ4v) is 2.81. The highest BCUT2D eigenvalue weighted by atomic mass is 79.9. The fraction of sp³-hybridized carbons (Fsp3) is 0.467. The molecule has 20 heavy (non-hydrogen) atoms. The van der Waals surface area contributed by atoms with Crippen LogP contribution in [0.5, 0.6) is 0 Å². The van der Waals surface area contributed by atoms with E-state index in [1.807, 2.05) is 6.07 Å². The van der Waals surface area contributed by atoms with E-state index in [-0.39, 0.29) is 10.6 Å². The third-order valence-electron chi connectivity index (χ3n) is 3.54. The van der Waals surface area contributed by atoms with Crippen molar-refractivity contribution >= 4 is 21.6 Å². The van der Waals surface area contributed by atoms with Crippen molar-refractivity contribution in [3.63, 3.8) is 0 Å². The number of hydrogen-bond donors (Lipinski definition) is 1. The Morgan fingerprint density at radius 3 is 2.90 bits per heavy atom. The van der Waals surface area contributed by atoms with Crippen LogP contribution in [0.3, 0.4) is 0 Å². The van der Waals surface area contributed by atoms with Gasteiger partial charge in [-0.25, -0.2) is 0 Å². The van der Waals surface area contributed by atoms with Crippen molar-refractivity contribution in [1.29, 1.82) is 0 Å². The van der Waals surface area contributed by atoms with Gasteiger partial charge in [0, 0.05) is 12.6 Å². The van der Waals surface area contributed by atoms with E-state index >= 15 is 0 Å². The van der Waals surface area contributed by atoms with E-state index in [1.165, 1.54) is 25.7 Å². The van der Waals surface area contributed by atoms with Crippen molar-refractivity contribution < 1.29 is 4.92 Å². The van der Waals surface area contributed by atoms with E-state index in [0.29, 0.717) is 11.0 Å². The summed E-state index contributed by atoms with van der Waals surface area (Å²) in [6.45, 7) is 1.59. The summed E-state index contributed by atoms with van der Waals surface area (Å²) in [4.78, 5) is 10.5. The summed E-state index contributed by atoms with van der Waals surface area (Å²) in [5, 5.41) is 14.2. The molecule has 0 spiro atoms. The number of nitro benzene ring substituents is 1. The predicted octanol–water partition coefficient (Wildman–Crippen LogP) is 4.34. The van der Waals surface area contributed by atoms with Crippen LogP contribution >= 0.6 is 15.9 Å². The van der Waals surface area contributed by atoms with Crippen LogP contribution in [-0.4, -0.2) is 11.5 Å². The maximum atomic E-state index is 10.9. The third-order valence-corrected chi connectivity index (χ3v) is 4.21. The molecule has 108 valence electrons. The van der Waals surface area contributed by atoms with Gasteiger partial charge in [0.1, 0.15) is 0 Å². The Balaban J connectivity index is 1.80. The lowest BCUT2D eigenvalue weighted by molar-refractivity contribution is -0.385. The molecule has 0 radical (unpaired) electrons. The number of allylic oxidation sites excluding steroid dienone is 1. The van der Waals surface area contributed by atoms with Gasteiger partial charge in [0.05, 0.1) is 9.40 Å². The van der Waals surface area contributed by atoms with E-state index in [4.69, 9.17) is 0 Å². The first kappa shape index (κ1) is 15.2. The Kier molecular flexibility index (Phi) is 5.73. The minimum atomic E-state index is -0.361. The number of benzene rings is 1. The first-order chi connectivity index (χ1) is 9.66. The summed E-state index contributed by atoms with van der Waals surface area (Å²) < 4.78 is 0.526. The molecule has 2 rings (SSSR count). The normalized spacial score (nSPS) is 14.9. The molecule has 0 aromatic heterocycles. The topological polar surface area (TPSA) is 55.2 Å². The second kappa shape index (κ2) is 7.55. The Bertz CT molecular complexity index is 515. The highest BCUT2D eigenvalue weighted by Gasteiger charge is 2.12. The van der Waals surface area contributed by atoms with Gasteiger partial charge in [0.15, 0.2) is 0 Å². The summed E-state index contributed by atoms with van der Waals surface area (Å²) >= 11 is 3.20. The third kappa shape index (κ3) is 4.42. The molecule has 0 bridgehead atoms. The standard InChI is InChI=1S/C15H19BrN2O2/c16-14-7-6-13(10-15(14)18(19)20)11-17-9-8-12-4-2-1-3-5-12/h4,6-7,10,17H,1-3,5,8-9,11H2. The molecule has 0 amide bonds. The molecule has 0 atom stereocenters. The molecular weight excluding hydrogens is 320 g/mol. The Morgan fingerprint density at radius 2 is 2.20 bits per heavy atom. The summed E-state index contributed by atoms with van der Waals surface area (Å²) in [5.74, 6) is 0. The highest BCUT2D eigenvalue weighted by molar-refractivity contribution is 9.10. The molecule has 1 aliphatic carbocycles.